The summed E-state index contributed by atoms with van der Waals surface area (Å²) in [5, 5.41) is 1.90. The van der Waals surface area contributed by atoms with Crippen molar-refractivity contribution in [1.29, 1.82) is 0 Å². The number of carbonyl (C=O) groups excluding carboxylic acids is 2. The molecule has 0 radical (unpaired) electrons. The quantitative estimate of drug-likeness (QED) is 0.228. The van der Waals surface area contributed by atoms with E-state index in [4.69, 9.17) is 23.2 Å². The van der Waals surface area contributed by atoms with Crippen molar-refractivity contribution in [1.82, 2.24) is 9.47 Å². The molecule has 8 heteroatoms. The van der Waals surface area contributed by atoms with Crippen LogP contribution in [0, 0.1) is 0 Å². The molecule has 0 atom stereocenters. The molecule has 2 amide bonds. The number of thioether (sulfide) groups is 1. The summed E-state index contributed by atoms with van der Waals surface area (Å²) in [6.07, 6.45) is 3.80. The van der Waals surface area contributed by atoms with Gasteiger partial charge in [-0.15, -0.1) is 0 Å². The van der Waals surface area contributed by atoms with Gasteiger partial charge < -0.3 is 4.57 Å². The van der Waals surface area contributed by atoms with Gasteiger partial charge in [0.1, 0.15) is 0 Å². The first-order valence-electron chi connectivity index (χ1n) is 10.4. The summed E-state index contributed by atoms with van der Waals surface area (Å²) in [5.41, 5.74) is 3.74. The van der Waals surface area contributed by atoms with Crippen LogP contribution in [0.4, 0.5) is 4.79 Å². The molecule has 0 N–H and O–H groups in total. The first kappa shape index (κ1) is 23.2. The Bertz CT molecular complexity index is 1460. The highest BCUT2D eigenvalue weighted by Gasteiger charge is 2.35. The average Bonchev–Trinajstić information content (AvgIpc) is 3.28. The highest BCUT2D eigenvalue weighted by molar-refractivity contribution is 9.10. The predicted molar refractivity (Wildman–Crippen MR) is 143 cm³/mol. The molecule has 1 aromatic heterocycles. The lowest BCUT2D eigenvalue weighted by atomic mass is 10.1. The fourth-order valence-corrected chi connectivity index (χ4v) is 5.42. The third-order valence-electron chi connectivity index (χ3n) is 5.59. The summed E-state index contributed by atoms with van der Waals surface area (Å²) in [5.74, 6) is -0.316. The van der Waals surface area contributed by atoms with Crippen molar-refractivity contribution in [3.63, 3.8) is 0 Å². The largest absolute Gasteiger partial charge is 0.342 e. The number of fused-ring (bicyclic) bond motifs is 1. The maximum atomic E-state index is 13.1. The minimum Gasteiger partial charge on any atom is -0.342 e. The van der Waals surface area contributed by atoms with Gasteiger partial charge in [-0.1, -0.05) is 69.5 Å². The second kappa shape index (κ2) is 9.62. The van der Waals surface area contributed by atoms with E-state index in [9.17, 15) is 9.59 Å². The standard InChI is InChI=1S/C26H17BrCl2N2O2S/c27-19-7-10-23-21(12-19)18(14-30(23)13-16-5-8-20(28)9-6-16)11-24-25(32)31(26(33)34-24)15-17-3-1-2-4-22(17)29/h1-12,14H,13,15H2/b24-11-. The van der Waals surface area contributed by atoms with Crippen molar-refractivity contribution in [2.24, 2.45) is 0 Å². The van der Waals surface area contributed by atoms with E-state index in [1.54, 1.807) is 12.1 Å². The summed E-state index contributed by atoms with van der Waals surface area (Å²) in [7, 11) is 0. The second-order valence-electron chi connectivity index (χ2n) is 7.86. The Hall–Kier alpha value is -2.51. The zero-order valence-electron chi connectivity index (χ0n) is 17.7. The fraction of sp³-hybridized carbons (Fsp3) is 0.0769. The molecule has 0 bridgehead atoms. The number of carbonyl (C=O) groups is 2. The Kier molecular flexibility index (Phi) is 6.58. The van der Waals surface area contributed by atoms with Crippen molar-refractivity contribution in [3.05, 3.63) is 109 Å². The van der Waals surface area contributed by atoms with Crippen molar-refractivity contribution in [2.45, 2.75) is 13.1 Å². The highest BCUT2D eigenvalue weighted by atomic mass is 79.9. The number of hydrogen-bond acceptors (Lipinski definition) is 3. The molecule has 0 saturated carbocycles. The van der Waals surface area contributed by atoms with E-state index in [0.29, 0.717) is 21.5 Å². The third kappa shape index (κ3) is 4.68. The van der Waals surface area contributed by atoms with Gasteiger partial charge in [0, 0.05) is 43.7 Å². The third-order valence-corrected chi connectivity index (χ3v) is 7.61. The Morgan fingerprint density at radius 1 is 0.941 bits per heavy atom. The molecular weight excluding hydrogens is 555 g/mol. The van der Waals surface area contributed by atoms with Crippen LogP contribution in [0.3, 0.4) is 0 Å². The lowest BCUT2D eigenvalue weighted by molar-refractivity contribution is -0.123. The number of nitrogens with zero attached hydrogens (tertiary/aromatic N) is 2. The van der Waals surface area contributed by atoms with Gasteiger partial charge in [-0.2, -0.15) is 0 Å². The maximum absolute atomic E-state index is 13.1. The first-order chi connectivity index (χ1) is 16.4. The molecule has 0 spiro atoms. The normalized spacial score (nSPS) is 15.1. The molecular formula is C26H17BrCl2N2O2S. The minimum absolute atomic E-state index is 0.144. The Balaban J connectivity index is 1.49. The molecule has 1 aliphatic rings. The van der Waals surface area contributed by atoms with Gasteiger partial charge in [-0.3, -0.25) is 14.5 Å². The number of hydrogen-bond donors (Lipinski definition) is 0. The summed E-state index contributed by atoms with van der Waals surface area (Å²) in [6.45, 7) is 0.794. The summed E-state index contributed by atoms with van der Waals surface area (Å²) in [4.78, 5) is 27.4. The average molecular weight is 572 g/mol. The van der Waals surface area contributed by atoms with Crippen LogP contribution in [-0.4, -0.2) is 20.6 Å². The molecule has 4 nitrogen and oxygen atoms in total. The van der Waals surface area contributed by atoms with Gasteiger partial charge in [0.2, 0.25) is 0 Å². The molecule has 5 rings (SSSR count). The molecule has 0 aliphatic carbocycles. The molecule has 34 heavy (non-hydrogen) atoms. The van der Waals surface area contributed by atoms with Crippen LogP contribution in [0.5, 0.6) is 0 Å². The monoisotopic (exact) mass is 570 g/mol. The van der Waals surface area contributed by atoms with Gasteiger partial charge in [0.05, 0.1) is 11.4 Å². The number of aromatic nitrogens is 1. The van der Waals surface area contributed by atoms with Gasteiger partial charge in [-0.05, 0) is 65.4 Å². The maximum Gasteiger partial charge on any atom is 0.293 e. The van der Waals surface area contributed by atoms with Gasteiger partial charge in [0.15, 0.2) is 0 Å². The van der Waals surface area contributed by atoms with Crippen LogP contribution in [0.25, 0.3) is 17.0 Å². The van der Waals surface area contributed by atoms with Crippen LogP contribution in [0.2, 0.25) is 10.0 Å². The van der Waals surface area contributed by atoms with E-state index in [1.807, 2.05) is 66.9 Å². The van der Waals surface area contributed by atoms with Crippen molar-refractivity contribution < 1.29 is 9.59 Å². The van der Waals surface area contributed by atoms with Crippen molar-refractivity contribution >= 4 is 79.0 Å². The minimum atomic E-state index is -0.316. The summed E-state index contributed by atoms with van der Waals surface area (Å²) in [6, 6.07) is 21.0. The van der Waals surface area contributed by atoms with E-state index < -0.39 is 0 Å². The van der Waals surface area contributed by atoms with Crippen molar-refractivity contribution in [3.8, 4) is 0 Å². The number of halogens is 3. The molecule has 3 aromatic carbocycles. The van der Waals surface area contributed by atoms with Crippen LogP contribution < -0.4 is 0 Å². The predicted octanol–water partition coefficient (Wildman–Crippen LogP) is 8.00. The molecule has 4 aromatic rings. The Labute approximate surface area is 219 Å². The zero-order chi connectivity index (χ0) is 23.8. The second-order valence-corrected chi connectivity index (χ2v) is 10.6. The molecule has 2 heterocycles. The molecule has 0 unspecified atom stereocenters. The topological polar surface area (TPSA) is 42.3 Å². The Morgan fingerprint density at radius 2 is 1.71 bits per heavy atom. The summed E-state index contributed by atoms with van der Waals surface area (Å²) < 4.78 is 3.07. The lowest BCUT2D eigenvalue weighted by Crippen LogP contribution is -2.27. The van der Waals surface area contributed by atoms with Gasteiger partial charge >= 0.3 is 0 Å². The van der Waals surface area contributed by atoms with Crippen LogP contribution >= 0.6 is 50.9 Å². The zero-order valence-corrected chi connectivity index (χ0v) is 21.6. The van der Waals surface area contributed by atoms with Gasteiger partial charge in [-0.25, -0.2) is 0 Å². The molecule has 1 saturated heterocycles. The highest BCUT2D eigenvalue weighted by Crippen LogP contribution is 2.36. The Morgan fingerprint density at radius 3 is 2.47 bits per heavy atom. The van der Waals surface area contributed by atoms with E-state index in [0.717, 1.165) is 43.8 Å². The number of rotatable bonds is 5. The van der Waals surface area contributed by atoms with E-state index in [2.05, 4.69) is 20.5 Å². The lowest BCUT2D eigenvalue weighted by Gasteiger charge is -2.13. The van der Waals surface area contributed by atoms with E-state index in [-0.39, 0.29) is 17.7 Å². The number of imide groups is 1. The smallest absolute Gasteiger partial charge is 0.293 e. The van der Waals surface area contributed by atoms with Gasteiger partial charge in [0.25, 0.3) is 11.1 Å². The SMILES string of the molecule is O=C1S/C(=C\c2cn(Cc3ccc(Cl)cc3)c3ccc(Br)cc23)C(=O)N1Cc1ccccc1Cl. The van der Waals surface area contributed by atoms with Crippen LogP contribution in [0.15, 0.2) is 82.3 Å². The number of amides is 2. The van der Waals surface area contributed by atoms with E-state index in [1.165, 1.54) is 4.90 Å². The summed E-state index contributed by atoms with van der Waals surface area (Å²) >= 11 is 16.8. The van der Waals surface area contributed by atoms with Crippen LogP contribution in [-0.2, 0) is 17.9 Å². The fourth-order valence-electron chi connectivity index (χ4n) is 3.90. The first-order valence-corrected chi connectivity index (χ1v) is 12.8. The molecule has 170 valence electrons. The van der Waals surface area contributed by atoms with Crippen LogP contribution in [0.1, 0.15) is 16.7 Å². The molecule has 1 fully saturated rings. The van der Waals surface area contributed by atoms with Crippen molar-refractivity contribution in [2.75, 3.05) is 0 Å². The van der Waals surface area contributed by atoms with E-state index >= 15 is 0 Å². The molecule has 1 aliphatic heterocycles. The number of benzene rings is 3.